The van der Waals surface area contributed by atoms with Crippen molar-refractivity contribution >= 4 is 12.0 Å². The normalized spacial score (nSPS) is 15.6. The number of benzene rings is 1. The van der Waals surface area contributed by atoms with E-state index in [4.69, 9.17) is 18.9 Å². The average Bonchev–Trinajstić information content (AvgIpc) is 2.78. The van der Waals surface area contributed by atoms with Crippen molar-refractivity contribution < 1.29 is 23.7 Å². The van der Waals surface area contributed by atoms with Gasteiger partial charge in [0.1, 0.15) is 0 Å². The predicted molar refractivity (Wildman–Crippen MR) is 121 cm³/mol. The minimum atomic E-state index is -0.0893. The molecule has 1 aliphatic rings. The molecule has 1 aliphatic heterocycles. The van der Waals surface area contributed by atoms with Gasteiger partial charge in [-0.2, -0.15) is 0 Å². The predicted octanol–water partition coefficient (Wildman–Crippen LogP) is 1.63. The molecule has 0 spiro atoms. The Balaban J connectivity index is 1.71. The smallest absolute Gasteiger partial charge is 0.244 e. The fourth-order valence-corrected chi connectivity index (χ4v) is 2.99. The molecule has 1 aromatic carbocycles. The number of hydrogen-bond acceptors (Lipinski definition) is 7. The molecular formula is C23H35N3O5. The molecule has 0 bridgehead atoms. The van der Waals surface area contributed by atoms with E-state index in [-0.39, 0.29) is 12.7 Å². The second-order valence-corrected chi connectivity index (χ2v) is 7.23. The number of carbonyl (C=O) groups excluding carboxylic acids is 1. The zero-order chi connectivity index (χ0) is 22.3. The number of likely N-dealkylation sites (N-methyl/N-ethyl adjacent to an activating group) is 1. The second kappa shape index (κ2) is 14.6. The van der Waals surface area contributed by atoms with E-state index in [0.29, 0.717) is 31.3 Å². The van der Waals surface area contributed by atoms with Gasteiger partial charge in [-0.3, -0.25) is 9.69 Å². The lowest BCUT2D eigenvalue weighted by molar-refractivity contribution is -0.116. The van der Waals surface area contributed by atoms with Gasteiger partial charge in [0.2, 0.25) is 5.91 Å². The van der Waals surface area contributed by atoms with Gasteiger partial charge in [0.15, 0.2) is 18.3 Å². The van der Waals surface area contributed by atoms with Crippen LogP contribution in [0, 0.1) is 0 Å². The molecule has 0 radical (unpaired) electrons. The number of rotatable bonds is 13. The highest BCUT2D eigenvalue weighted by atomic mass is 16.7. The largest absolute Gasteiger partial charge is 0.493 e. The van der Waals surface area contributed by atoms with Gasteiger partial charge in [-0.1, -0.05) is 24.3 Å². The first-order valence-electron chi connectivity index (χ1n) is 10.5. The van der Waals surface area contributed by atoms with Crippen LogP contribution in [0.3, 0.4) is 0 Å². The van der Waals surface area contributed by atoms with Crippen molar-refractivity contribution in [2.45, 2.75) is 0 Å². The first-order valence-corrected chi connectivity index (χ1v) is 10.5. The van der Waals surface area contributed by atoms with E-state index >= 15 is 0 Å². The van der Waals surface area contributed by atoms with Crippen LogP contribution < -0.4 is 14.8 Å². The Morgan fingerprint density at radius 3 is 2.65 bits per heavy atom. The third-order valence-corrected chi connectivity index (χ3v) is 4.89. The molecule has 1 aromatic rings. The molecule has 1 amide bonds. The highest BCUT2D eigenvalue weighted by molar-refractivity contribution is 5.87. The summed E-state index contributed by atoms with van der Waals surface area (Å²) in [5.41, 5.74) is 0.935. The summed E-state index contributed by atoms with van der Waals surface area (Å²) in [6, 6.07) is 5.60. The molecule has 1 saturated heterocycles. The zero-order valence-electron chi connectivity index (χ0n) is 18.8. The number of carbonyl (C=O) groups is 1. The van der Waals surface area contributed by atoms with Gasteiger partial charge in [-0.05, 0) is 24.7 Å². The lowest BCUT2D eigenvalue weighted by Gasteiger charge is -2.32. The Bertz CT molecular complexity index is 715. The summed E-state index contributed by atoms with van der Waals surface area (Å²) in [5.74, 6) is 1.13. The van der Waals surface area contributed by atoms with Crippen LogP contribution in [0.1, 0.15) is 5.56 Å². The number of amides is 1. The van der Waals surface area contributed by atoms with Crippen LogP contribution in [-0.2, 0) is 14.3 Å². The number of allylic oxidation sites excluding steroid dienone is 2. The molecule has 2 rings (SSSR count). The fourth-order valence-electron chi connectivity index (χ4n) is 2.99. The second-order valence-electron chi connectivity index (χ2n) is 7.23. The average molecular weight is 434 g/mol. The van der Waals surface area contributed by atoms with Crippen LogP contribution in [0.2, 0.25) is 0 Å². The molecule has 8 nitrogen and oxygen atoms in total. The maximum Gasteiger partial charge on any atom is 0.244 e. The van der Waals surface area contributed by atoms with Gasteiger partial charge in [0, 0.05) is 52.5 Å². The summed E-state index contributed by atoms with van der Waals surface area (Å²) in [6.45, 7) is 6.93. The first kappa shape index (κ1) is 24.9. The summed E-state index contributed by atoms with van der Waals surface area (Å²) in [5, 5.41) is 2.93. The molecule has 0 unspecified atom stereocenters. The van der Waals surface area contributed by atoms with Gasteiger partial charge < -0.3 is 29.2 Å². The molecule has 172 valence electrons. The van der Waals surface area contributed by atoms with Crippen LogP contribution in [-0.4, -0.2) is 96.2 Å². The Kier molecular flexibility index (Phi) is 11.7. The van der Waals surface area contributed by atoms with Crippen LogP contribution in [0.25, 0.3) is 6.08 Å². The highest BCUT2D eigenvalue weighted by Gasteiger charge is 2.12. The van der Waals surface area contributed by atoms with E-state index in [0.717, 1.165) is 38.3 Å². The topological polar surface area (TPSA) is 72.5 Å². The quantitative estimate of drug-likeness (QED) is 0.219. The molecule has 8 heteroatoms. The molecule has 1 fully saturated rings. The van der Waals surface area contributed by atoms with E-state index in [1.54, 1.807) is 20.3 Å². The van der Waals surface area contributed by atoms with Crippen molar-refractivity contribution in [1.29, 1.82) is 0 Å². The van der Waals surface area contributed by atoms with Crippen LogP contribution >= 0.6 is 0 Å². The maximum absolute atomic E-state index is 11.9. The van der Waals surface area contributed by atoms with Crippen molar-refractivity contribution in [3.05, 3.63) is 42.0 Å². The van der Waals surface area contributed by atoms with E-state index < -0.39 is 0 Å². The van der Waals surface area contributed by atoms with Crippen molar-refractivity contribution in [3.8, 4) is 11.5 Å². The number of ether oxygens (including phenoxy) is 4. The number of nitrogens with zero attached hydrogens (tertiary/aromatic N) is 2. The van der Waals surface area contributed by atoms with E-state index in [1.165, 1.54) is 6.08 Å². The Labute approximate surface area is 185 Å². The standard InChI is InChI=1S/C23H35N3O5/c1-25-12-14-26(15-13-25)11-10-24-23(27)7-5-4-6-20-8-9-21(22(18-20)29-3)31-19-30-17-16-28-2/h4-9,18H,10-17,19H2,1-3H3,(H,24,27). The Hall–Kier alpha value is -2.39. The van der Waals surface area contributed by atoms with Crippen molar-refractivity contribution in [2.75, 3.05) is 80.5 Å². The summed E-state index contributed by atoms with van der Waals surface area (Å²) in [6.07, 6.45) is 6.98. The van der Waals surface area contributed by atoms with Crippen molar-refractivity contribution in [2.24, 2.45) is 0 Å². The summed E-state index contributed by atoms with van der Waals surface area (Å²) < 4.78 is 21.2. The molecule has 1 N–H and O–H groups in total. The van der Waals surface area contributed by atoms with Crippen LogP contribution in [0.4, 0.5) is 0 Å². The zero-order valence-corrected chi connectivity index (χ0v) is 18.8. The van der Waals surface area contributed by atoms with Crippen LogP contribution in [0.15, 0.2) is 36.4 Å². The van der Waals surface area contributed by atoms with Crippen molar-refractivity contribution in [1.82, 2.24) is 15.1 Å². The minimum Gasteiger partial charge on any atom is -0.493 e. The third kappa shape index (κ3) is 9.97. The molecular weight excluding hydrogens is 398 g/mol. The number of nitrogens with one attached hydrogen (secondary N) is 1. The monoisotopic (exact) mass is 433 g/mol. The fraction of sp³-hybridized carbons (Fsp3) is 0.522. The molecule has 31 heavy (non-hydrogen) atoms. The molecule has 1 heterocycles. The third-order valence-electron chi connectivity index (χ3n) is 4.89. The SMILES string of the molecule is COCCOCOc1ccc(C=CC=CC(=O)NCCN2CCN(C)CC2)cc1OC. The Morgan fingerprint density at radius 1 is 1.10 bits per heavy atom. The Morgan fingerprint density at radius 2 is 1.90 bits per heavy atom. The molecule has 0 aliphatic carbocycles. The summed E-state index contributed by atoms with van der Waals surface area (Å²) in [7, 11) is 5.35. The number of methoxy groups -OCH3 is 2. The van der Waals surface area contributed by atoms with Crippen LogP contribution in [0.5, 0.6) is 11.5 Å². The van der Waals surface area contributed by atoms with Gasteiger partial charge in [-0.15, -0.1) is 0 Å². The van der Waals surface area contributed by atoms with E-state index in [9.17, 15) is 4.79 Å². The number of hydrogen-bond donors (Lipinski definition) is 1. The van der Waals surface area contributed by atoms with Gasteiger partial charge in [0.05, 0.1) is 20.3 Å². The van der Waals surface area contributed by atoms with Gasteiger partial charge >= 0.3 is 0 Å². The summed E-state index contributed by atoms with van der Waals surface area (Å²) >= 11 is 0. The highest BCUT2D eigenvalue weighted by Crippen LogP contribution is 2.28. The maximum atomic E-state index is 11.9. The van der Waals surface area contributed by atoms with E-state index in [1.807, 2.05) is 30.4 Å². The lowest BCUT2D eigenvalue weighted by Crippen LogP contribution is -2.46. The first-order chi connectivity index (χ1) is 15.1. The number of piperazine rings is 1. The minimum absolute atomic E-state index is 0.0893. The molecule has 0 aromatic heterocycles. The van der Waals surface area contributed by atoms with E-state index in [2.05, 4.69) is 22.2 Å². The summed E-state index contributed by atoms with van der Waals surface area (Å²) in [4.78, 5) is 16.6. The molecule has 0 saturated carbocycles. The molecule has 0 atom stereocenters. The van der Waals surface area contributed by atoms with Gasteiger partial charge in [-0.25, -0.2) is 0 Å². The van der Waals surface area contributed by atoms with Gasteiger partial charge in [0.25, 0.3) is 0 Å². The van der Waals surface area contributed by atoms with Crippen molar-refractivity contribution in [3.63, 3.8) is 0 Å². The lowest BCUT2D eigenvalue weighted by atomic mass is 10.2.